The first-order chi connectivity index (χ1) is 9.95. The summed E-state index contributed by atoms with van der Waals surface area (Å²) >= 11 is 3.06. The number of hydrogen-bond acceptors (Lipinski definition) is 5. The molecule has 0 aliphatic carbocycles. The summed E-state index contributed by atoms with van der Waals surface area (Å²) in [6, 6.07) is 8.20. The molecule has 1 aromatic carbocycles. The molecule has 0 amide bonds. The lowest BCUT2D eigenvalue weighted by Gasteiger charge is -2.11. The van der Waals surface area contributed by atoms with Crippen molar-refractivity contribution < 1.29 is 17.9 Å². The first kappa shape index (κ1) is 15.9. The highest BCUT2D eigenvalue weighted by atomic mass is 79.9. The highest BCUT2D eigenvalue weighted by molar-refractivity contribution is 9.10. The predicted molar refractivity (Wildman–Crippen MR) is 81.7 cm³/mol. The number of nitrogens with zero attached hydrogens (tertiary/aromatic N) is 1. The van der Waals surface area contributed by atoms with E-state index in [1.54, 1.807) is 30.5 Å². The lowest BCUT2D eigenvalue weighted by Crippen LogP contribution is -2.34. The van der Waals surface area contributed by atoms with Gasteiger partial charge in [-0.15, -0.1) is 0 Å². The monoisotopic (exact) mass is 372 g/mol. The number of methoxy groups -OCH3 is 1. The van der Waals surface area contributed by atoms with Gasteiger partial charge in [0.15, 0.2) is 0 Å². The molecule has 0 aliphatic heterocycles. The number of carbonyl (C=O) groups is 1. The van der Waals surface area contributed by atoms with E-state index in [4.69, 9.17) is 0 Å². The van der Waals surface area contributed by atoms with Gasteiger partial charge in [-0.25, -0.2) is 13.1 Å². The van der Waals surface area contributed by atoms with Gasteiger partial charge in [0.25, 0.3) is 0 Å². The average molecular weight is 373 g/mol. The molecule has 0 saturated carbocycles. The molecule has 1 N–H and O–H groups in total. The predicted octanol–water partition coefficient (Wildman–Crippen LogP) is 1.45. The second kappa shape index (κ2) is 6.50. The van der Waals surface area contributed by atoms with Gasteiger partial charge in [-0.3, -0.25) is 9.78 Å². The number of aromatic nitrogens is 1. The van der Waals surface area contributed by atoms with E-state index in [2.05, 4.69) is 30.4 Å². The normalized spacial score (nSPS) is 13.0. The number of ether oxygens (including phenoxy) is 1. The van der Waals surface area contributed by atoms with Crippen LogP contribution in [0, 0.1) is 0 Å². The maximum absolute atomic E-state index is 12.3. The quantitative estimate of drug-likeness (QED) is 0.634. The number of sulfonamides is 1. The summed E-state index contributed by atoms with van der Waals surface area (Å²) in [4.78, 5) is 14.8. The van der Waals surface area contributed by atoms with Crippen LogP contribution in [0.5, 0.6) is 0 Å². The lowest BCUT2D eigenvalue weighted by molar-refractivity contribution is -0.139. The smallest absolute Gasteiger partial charge is 0.320 e. The summed E-state index contributed by atoms with van der Waals surface area (Å²) in [5.74, 6) is -0.544. The van der Waals surface area contributed by atoms with Gasteiger partial charge in [0.1, 0.15) is 4.83 Å². The van der Waals surface area contributed by atoms with Crippen LogP contribution in [0.15, 0.2) is 41.4 Å². The Kier molecular flexibility index (Phi) is 4.92. The molecule has 0 aliphatic rings. The van der Waals surface area contributed by atoms with Crippen molar-refractivity contribution in [2.75, 3.05) is 13.7 Å². The van der Waals surface area contributed by atoms with Crippen LogP contribution < -0.4 is 4.72 Å². The summed E-state index contributed by atoms with van der Waals surface area (Å²) in [6.07, 6.45) is 1.60. The van der Waals surface area contributed by atoms with Gasteiger partial charge >= 0.3 is 5.97 Å². The van der Waals surface area contributed by atoms with E-state index < -0.39 is 20.8 Å². The van der Waals surface area contributed by atoms with Crippen LogP contribution in [0.4, 0.5) is 0 Å². The van der Waals surface area contributed by atoms with Crippen LogP contribution >= 0.6 is 15.9 Å². The molecule has 1 atom stereocenters. The van der Waals surface area contributed by atoms with Crippen LogP contribution in [0.2, 0.25) is 0 Å². The minimum absolute atomic E-state index is 0.105. The molecule has 0 fully saturated rings. The van der Waals surface area contributed by atoms with Gasteiger partial charge in [-0.1, -0.05) is 22.0 Å². The number of rotatable bonds is 5. The molecule has 1 aromatic heterocycles. The summed E-state index contributed by atoms with van der Waals surface area (Å²) < 4.78 is 31.6. The number of alkyl halides is 1. The molecule has 6 nitrogen and oxygen atoms in total. The number of esters is 1. The molecule has 2 aromatic rings. The fraction of sp³-hybridized carbons (Fsp3) is 0.231. The molecule has 21 heavy (non-hydrogen) atoms. The number of fused-ring (bicyclic) bond motifs is 1. The Balaban J connectivity index is 2.28. The number of carbonyl (C=O) groups excluding carboxylic acids is 1. The van der Waals surface area contributed by atoms with E-state index in [9.17, 15) is 13.2 Å². The number of benzene rings is 1. The third-order valence-corrected chi connectivity index (χ3v) is 4.98. The topological polar surface area (TPSA) is 85.4 Å². The second-order valence-corrected chi connectivity index (χ2v) is 7.01. The molecule has 112 valence electrons. The zero-order valence-corrected chi connectivity index (χ0v) is 13.5. The Morgan fingerprint density at radius 2 is 2.14 bits per heavy atom. The Bertz CT molecular complexity index is 758. The lowest BCUT2D eigenvalue weighted by atomic mass is 10.2. The van der Waals surface area contributed by atoms with Crippen molar-refractivity contribution in [1.82, 2.24) is 9.71 Å². The zero-order chi connectivity index (χ0) is 15.5. The zero-order valence-electron chi connectivity index (χ0n) is 11.1. The van der Waals surface area contributed by atoms with Crippen molar-refractivity contribution in [2.45, 2.75) is 9.72 Å². The number of hydrogen-bond donors (Lipinski definition) is 1. The molecule has 2 rings (SSSR count). The molecule has 0 saturated heterocycles. The molecule has 0 spiro atoms. The Labute approximate surface area is 130 Å². The maximum Gasteiger partial charge on any atom is 0.320 e. The number of nitrogens with one attached hydrogen (secondary N) is 1. The van der Waals surface area contributed by atoms with Gasteiger partial charge in [0.2, 0.25) is 10.0 Å². The van der Waals surface area contributed by atoms with Gasteiger partial charge in [0.05, 0.1) is 17.5 Å². The minimum atomic E-state index is -3.75. The summed E-state index contributed by atoms with van der Waals surface area (Å²) in [6.45, 7) is -0.105. The standard InChI is InChI=1S/C13H13BrN2O4S/c1-20-13(17)10(14)8-16-21(18,19)12-6-2-5-11-9(12)4-3-7-15-11/h2-7,10,16H,8H2,1H3. The number of halogens is 1. The molecule has 0 radical (unpaired) electrons. The van der Waals surface area contributed by atoms with E-state index in [0.29, 0.717) is 10.9 Å². The van der Waals surface area contributed by atoms with Gasteiger partial charge in [-0.05, 0) is 24.3 Å². The van der Waals surface area contributed by atoms with Crippen molar-refractivity contribution in [3.63, 3.8) is 0 Å². The van der Waals surface area contributed by atoms with Crippen molar-refractivity contribution in [3.05, 3.63) is 36.5 Å². The van der Waals surface area contributed by atoms with E-state index in [-0.39, 0.29) is 11.4 Å². The highest BCUT2D eigenvalue weighted by Gasteiger charge is 2.21. The van der Waals surface area contributed by atoms with Crippen LogP contribution in [0.1, 0.15) is 0 Å². The van der Waals surface area contributed by atoms with Crippen molar-refractivity contribution in [2.24, 2.45) is 0 Å². The Hall–Kier alpha value is -1.51. The summed E-state index contributed by atoms with van der Waals surface area (Å²) in [5, 5.41) is 0.525. The average Bonchev–Trinajstić information content (AvgIpc) is 2.51. The highest BCUT2D eigenvalue weighted by Crippen LogP contribution is 2.21. The van der Waals surface area contributed by atoms with Crippen molar-refractivity contribution >= 4 is 42.8 Å². The van der Waals surface area contributed by atoms with E-state index in [1.807, 2.05) is 0 Å². The Morgan fingerprint density at radius 1 is 1.38 bits per heavy atom. The fourth-order valence-corrected chi connectivity index (χ4v) is 3.61. The van der Waals surface area contributed by atoms with Crippen molar-refractivity contribution in [3.8, 4) is 0 Å². The van der Waals surface area contributed by atoms with Crippen LogP contribution in [0.3, 0.4) is 0 Å². The first-order valence-electron chi connectivity index (χ1n) is 6.01. The van der Waals surface area contributed by atoms with Crippen LogP contribution in [-0.4, -0.2) is 37.9 Å². The maximum atomic E-state index is 12.3. The summed E-state index contributed by atoms with van der Waals surface area (Å²) in [5.41, 5.74) is 0.587. The summed E-state index contributed by atoms with van der Waals surface area (Å²) in [7, 11) is -2.51. The first-order valence-corrected chi connectivity index (χ1v) is 8.41. The third-order valence-electron chi connectivity index (χ3n) is 2.80. The Morgan fingerprint density at radius 3 is 2.86 bits per heavy atom. The molecule has 0 bridgehead atoms. The third kappa shape index (κ3) is 3.58. The van der Waals surface area contributed by atoms with Gasteiger partial charge in [0, 0.05) is 18.1 Å². The fourth-order valence-electron chi connectivity index (χ4n) is 1.78. The molecular weight excluding hydrogens is 360 g/mol. The largest absolute Gasteiger partial charge is 0.468 e. The van der Waals surface area contributed by atoms with Gasteiger partial charge in [-0.2, -0.15) is 0 Å². The van der Waals surface area contributed by atoms with Crippen molar-refractivity contribution in [1.29, 1.82) is 0 Å². The number of pyridine rings is 1. The SMILES string of the molecule is COC(=O)C(Br)CNS(=O)(=O)c1cccc2ncccc12. The molecule has 1 unspecified atom stereocenters. The second-order valence-electron chi connectivity index (χ2n) is 4.17. The molecule has 8 heteroatoms. The van der Waals surface area contributed by atoms with E-state index in [0.717, 1.165) is 0 Å². The van der Waals surface area contributed by atoms with E-state index in [1.165, 1.54) is 13.2 Å². The van der Waals surface area contributed by atoms with E-state index >= 15 is 0 Å². The minimum Gasteiger partial charge on any atom is -0.468 e. The molecule has 1 heterocycles. The van der Waals surface area contributed by atoms with Gasteiger partial charge < -0.3 is 4.74 Å². The van der Waals surface area contributed by atoms with Crippen LogP contribution in [0.25, 0.3) is 10.9 Å². The molecular formula is C13H13BrN2O4S. The van der Waals surface area contributed by atoms with Crippen LogP contribution in [-0.2, 0) is 19.6 Å².